The highest BCUT2D eigenvalue weighted by Gasteiger charge is 2.06. The molecule has 0 saturated heterocycles. The van der Waals surface area contributed by atoms with E-state index in [2.05, 4.69) is 53.5 Å². The summed E-state index contributed by atoms with van der Waals surface area (Å²) >= 11 is 0. The van der Waals surface area contributed by atoms with Crippen LogP contribution in [0.4, 0.5) is 5.95 Å². The van der Waals surface area contributed by atoms with E-state index in [0.29, 0.717) is 11.9 Å². The van der Waals surface area contributed by atoms with Crippen LogP contribution in [0.25, 0.3) is 11.3 Å². The Morgan fingerprint density at radius 3 is 2.47 bits per heavy atom. The Kier molecular flexibility index (Phi) is 4.12. The summed E-state index contributed by atoms with van der Waals surface area (Å²) in [6, 6.07) is 10.5. The van der Waals surface area contributed by atoms with Crippen molar-refractivity contribution in [2.24, 2.45) is 5.84 Å². The van der Waals surface area contributed by atoms with Crippen LogP contribution >= 0.6 is 0 Å². The summed E-state index contributed by atoms with van der Waals surface area (Å²) in [6.45, 7) is 6.37. The van der Waals surface area contributed by atoms with E-state index in [1.807, 2.05) is 13.0 Å². The number of nitrogens with zero attached hydrogens (tertiary/aromatic N) is 2. The Morgan fingerprint density at radius 2 is 1.89 bits per heavy atom. The molecule has 2 aromatic rings. The molecule has 0 bridgehead atoms. The van der Waals surface area contributed by atoms with Gasteiger partial charge < -0.3 is 0 Å². The SMILES string of the molecule is CCC(C)c1ccc(-c2cc(C)nc(NN)n2)cc1. The summed E-state index contributed by atoms with van der Waals surface area (Å²) < 4.78 is 0. The minimum absolute atomic E-state index is 0.445. The van der Waals surface area contributed by atoms with Crippen LogP contribution in [0.5, 0.6) is 0 Å². The molecule has 0 aliphatic carbocycles. The number of anilines is 1. The Labute approximate surface area is 114 Å². The lowest BCUT2D eigenvalue weighted by Crippen LogP contribution is -2.11. The molecule has 1 atom stereocenters. The van der Waals surface area contributed by atoms with Crippen LogP contribution in [0.15, 0.2) is 30.3 Å². The second-order valence-electron chi connectivity index (χ2n) is 4.79. The van der Waals surface area contributed by atoms with Gasteiger partial charge in [-0.15, -0.1) is 0 Å². The maximum absolute atomic E-state index is 5.37. The Hall–Kier alpha value is -1.94. The smallest absolute Gasteiger partial charge is 0.237 e. The van der Waals surface area contributed by atoms with Gasteiger partial charge in [-0.2, -0.15) is 0 Å². The molecule has 3 N–H and O–H groups in total. The van der Waals surface area contributed by atoms with E-state index in [-0.39, 0.29) is 0 Å². The maximum atomic E-state index is 5.37. The third-order valence-corrected chi connectivity index (χ3v) is 3.37. The van der Waals surface area contributed by atoms with Crippen molar-refractivity contribution in [1.29, 1.82) is 0 Å². The molecule has 2 rings (SSSR count). The summed E-state index contributed by atoms with van der Waals surface area (Å²) in [5.41, 5.74) is 6.71. The number of benzene rings is 1. The first kappa shape index (κ1) is 13.5. The number of rotatable bonds is 4. The Balaban J connectivity index is 2.34. The fourth-order valence-electron chi connectivity index (χ4n) is 2.00. The fraction of sp³-hybridized carbons (Fsp3) is 0.333. The van der Waals surface area contributed by atoms with E-state index >= 15 is 0 Å². The summed E-state index contributed by atoms with van der Waals surface area (Å²) in [7, 11) is 0. The van der Waals surface area contributed by atoms with E-state index in [4.69, 9.17) is 5.84 Å². The predicted molar refractivity (Wildman–Crippen MR) is 78.7 cm³/mol. The van der Waals surface area contributed by atoms with Gasteiger partial charge in [-0.05, 0) is 30.9 Å². The highest BCUT2D eigenvalue weighted by Crippen LogP contribution is 2.23. The average molecular weight is 256 g/mol. The van der Waals surface area contributed by atoms with Crippen molar-refractivity contribution in [3.63, 3.8) is 0 Å². The largest absolute Gasteiger partial charge is 0.292 e. The second-order valence-corrected chi connectivity index (χ2v) is 4.79. The minimum Gasteiger partial charge on any atom is -0.292 e. The molecule has 0 aliphatic rings. The summed E-state index contributed by atoms with van der Waals surface area (Å²) in [4.78, 5) is 8.56. The number of aromatic nitrogens is 2. The van der Waals surface area contributed by atoms with Crippen LogP contribution in [-0.4, -0.2) is 9.97 Å². The van der Waals surface area contributed by atoms with Gasteiger partial charge in [0.25, 0.3) is 0 Å². The second kappa shape index (κ2) is 5.80. The molecule has 0 radical (unpaired) electrons. The molecule has 100 valence electrons. The van der Waals surface area contributed by atoms with E-state index in [1.165, 1.54) is 5.56 Å². The summed E-state index contributed by atoms with van der Waals surface area (Å²) in [5, 5.41) is 0. The molecule has 19 heavy (non-hydrogen) atoms. The number of aryl methyl sites for hydroxylation is 1. The number of hydrazine groups is 1. The third kappa shape index (κ3) is 3.09. The number of nitrogen functional groups attached to an aromatic ring is 1. The lowest BCUT2D eigenvalue weighted by Gasteiger charge is -2.10. The van der Waals surface area contributed by atoms with Gasteiger partial charge in [-0.1, -0.05) is 38.1 Å². The van der Waals surface area contributed by atoms with Gasteiger partial charge in [0.15, 0.2) is 0 Å². The molecule has 4 nitrogen and oxygen atoms in total. The quantitative estimate of drug-likeness (QED) is 0.651. The standard InChI is InChI=1S/C15H20N4/c1-4-10(2)12-5-7-13(8-6-12)14-9-11(3)17-15(18-14)19-16/h5-10H,4,16H2,1-3H3,(H,17,18,19). The van der Waals surface area contributed by atoms with Gasteiger partial charge in [-0.3, -0.25) is 5.43 Å². The number of nitrogens with one attached hydrogen (secondary N) is 1. The Morgan fingerprint density at radius 1 is 1.21 bits per heavy atom. The first-order chi connectivity index (χ1) is 9.13. The zero-order valence-corrected chi connectivity index (χ0v) is 11.6. The molecule has 1 aromatic heterocycles. The summed E-state index contributed by atoms with van der Waals surface area (Å²) in [5.74, 6) is 6.40. The van der Waals surface area contributed by atoms with E-state index in [0.717, 1.165) is 23.4 Å². The first-order valence-corrected chi connectivity index (χ1v) is 6.56. The molecule has 0 fully saturated rings. The van der Waals surface area contributed by atoms with Crippen molar-refractivity contribution in [3.05, 3.63) is 41.6 Å². The third-order valence-electron chi connectivity index (χ3n) is 3.37. The molecule has 0 aliphatic heterocycles. The van der Waals surface area contributed by atoms with Gasteiger partial charge in [0.05, 0.1) is 5.69 Å². The fourth-order valence-corrected chi connectivity index (χ4v) is 2.00. The van der Waals surface area contributed by atoms with Crippen molar-refractivity contribution in [3.8, 4) is 11.3 Å². The minimum atomic E-state index is 0.445. The number of hydrogen-bond donors (Lipinski definition) is 2. The van der Waals surface area contributed by atoms with Crippen LogP contribution in [-0.2, 0) is 0 Å². The van der Waals surface area contributed by atoms with E-state index < -0.39 is 0 Å². The molecule has 1 heterocycles. The average Bonchev–Trinajstić information content (AvgIpc) is 2.46. The van der Waals surface area contributed by atoms with Crippen molar-refractivity contribution in [2.75, 3.05) is 5.43 Å². The number of nitrogens with two attached hydrogens (primary N) is 1. The van der Waals surface area contributed by atoms with Crippen LogP contribution in [0.1, 0.15) is 37.4 Å². The van der Waals surface area contributed by atoms with Crippen LogP contribution in [0, 0.1) is 6.92 Å². The first-order valence-electron chi connectivity index (χ1n) is 6.56. The van der Waals surface area contributed by atoms with E-state index in [9.17, 15) is 0 Å². The number of hydrogen-bond acceptors (Lipinski definition) is 4. The van der Waals surface area contributed by atoms with Crippen LogP contribution in [0.3, 0.4) is 0 Å². The van der Waals surface area contributed by atoms with Gasteiger partial charge in [0, 0.05) is 11.3 Å². The van der Waals surface area contributed by atoms with Gasteiger partial charge in [-0.25, -0.2) is 15.8 Å². The normalized spacial score (nSPS) is 12.2. The topological polar surface area (TPSA) is 63.8 Å². The Bertz CT molecular complexity index is 549. The molecular formula is C15H20N4. The van der Waals surface area contributed by atoms with Crippen LogP contribution < -0.4 is 11.3 Å². The molecule has 0 saturated carbocycles. The molecule has 0 amide bonds. The zero-order chi connectivity index (χ0) is 13.8. The van der Waals surface area contributed by atoms with Crippen LogP contribution in [0.2, 0.25) is 0 Å². The lowest BCUT2D eigenvalue weighted by atomic mass is 9.97. The van der Waals surface area contributed by atoms with E-state index in [1.54, 1.807) is 0 Å². The predicted octanol–water partition coefficient (Wildman–Crippen LogP) is 3.25. The zero-order valence-electron chi connectivity index (χ0n) is 11.6. The molecule has 4 heteroatoms. The van der Waals surface area contributed by atoms with Gasteiger partial charge in [0.2, 0.25) is 5.95 Å². The molecule has 1 aromatic carbocycles. The highest BCUT2D eigenvalue weighted by molar-refractivity contribution is 5.61. The van der Waals surface area contributed by atoms with Crippen molar-refractivity contribution < 1.29 is 0 Å². The van der Waals surface area contributed by atoms with Gasteiger partial charge in [0.1, 0.15) is 0 Å². The summed E-state index contributed by atoms with van der Waals surface area (Å²) in [6.07, 6.45) is 1.15. The van der Waals surface area contributed by atoms with Crippen molar-refractivity contribution in [1.82, 2.24) is 9.97 Å². The highest BCUT2D eigenvalue weighted by atomic mass is 15.3. The van der Waals surface area contributed by atoms with Crippen molar-refractivity contribution >= 4 is 5.95 Å². The lowest BCUT2D eigenvalue weighted by molar-refractivity contribution is 0.734. The van der Waals surface area contributed by atoms with Gasteiger partial charge >= 0.3 is 0 Å². The monoisotopic (exact) mass is 256 g/mol. The molecule has 0 spiro atoms. The maximum Gasteiger partial charge on any atom is 0.237 e. The molecule has 1 unspecified atom stereocenters. The molecular weight excluding hydrogens is 236 g/mol. The van der Waals surface area contributed by atoms with Crippen molar-refractivity contribution in [2.45, 2.75) is 33.1 Å².